The van der Waals surface area contributed by atoms with Crippen LogP contribution < -0.4 is 11.1 Å². The second kappa shape index (κ2) is 8.38. The highest BCUT2D eigenvalue weighted by Gasteiger charge is 2.24. The highest BCUT2D eigenvalue weighted by Crippen LogP contribution is 2.33. The Morgan fingerprint density at radius 3 is 2.69 bits per heavy atom. The lowest BCUT2D eigenvalue weighted by Gasteiger charge is -2.15. The van der Waals surface area contributed by atoms with Crippen molar-refractivity contribution >= 4 is 28.5 Å². The molecule has 0 unspecified atom stereocenters. The fraction of sp³-hybridized carbons (Fsp3) is 0.200. The molecule has 1 aromatic heterocycles. The number of nitrogens with zero attached hydrogens (tertiary/aromatic N) is 1. The molecule has 0 radical (unpaired) electrons. The SMILES string of the molecule is CN(CCO)Cc1cccc(C(=O)Nc2c(C(N)=O)oc3c(F)cc(F)cc23)c1. The largest absolute Gasteiger partial charge is 0.446 e. The molecule has 2 amide bonds. The van der Waals surface area contributed by atoms with Crippen molar-refractivity contribution in [3.63, 3.8) is 0 Å². The van der Waals surface area contributed by atoms with E-state index >= 15 is 0 Å². The molecular weight excluding hydrogens is 384 g/mol. The Bertz CT molecular complexity index is 1080. The first-order valence-corrected chi connectivity index (χ1v) is 8.71. The smallest absolute Gasteiger partial charge is 0.286 e. The number of amides is 2. The minimum absolute atomic E-state index is 0.00720. The Kier molecular flexibility index (Phi) is 5.90. The summed E-state index contributed by atoms with van der Waals surface area (Å²) >= 11 is 0. The topological polar surface area (TPSA) is 109 Å². The summed E-state index contributed by atoms with van der Waals surface area (Å²) in [6.45, 7) is 0.975. The molecule has 0 aliphatic carbocycles. The van der Waals surface area contributed by atoms with Crippen LogP contribution in [0.5, 0.6) is 0 Å². The summed E-state index contributed by atoms with van der Waals surface area (Å²) in [5, 5.41) is 11.4. The lowest BCUT2D eigenvalue weighted by molar-refractivity contribution is 0.0977. The Labute approximate surface area is 164 Å². The van der Waals surface area contributed by atoms with Gasteiger partial charge in [0.1, 0.15) is 11.5 Å². The molecule has 9 heteroatoms. The number of nitrogens with one attached hydrogen (secondary N) is 1. The maximum Gasteiger partial charge on any atom is 0.286 e. The van der Waals surface area contributed by atoms with E-state index < -0.39 is 29.2 Å². The van der Waals surface area contributed by atoms with E-state index in [1.807, 2.05) is 18.0 Å². The molecular formula is C20H19F2N3O4. The van der Waals surface area contributed by atoms with Gasteiger partial charge in [0, 0.05) is 24.7 Å². The van der Waals surface area contributed by atoms with Crippen molar-refractivity contribution in [1.29, 1.82) is 0 Å². The molecule has 0 saturated heterocycles. The molecule has 3 rings (SSSR count). The van der Waals surface area contributed by atoms with Gasteiger partial charge in [-0.15, -0.1) is 0 Å². The van der Waals surface area contributed by atoms with Crippen LogP contribution in [0, 0.1) is 11.6 Å². The highest BCUT2D eigenvalue weighted by molar-refractivity contribution is 6.14. The number of hydrogen-bond donors (Lipinski definition) is 3. The fourth-order valence-corrected chi connectivity index (χ4v) is 2.98. The lowest BCUT2D eigenvalue weighted by Crippen LogP contribution is -2.22. The number of primary amides is 1. The second-order valence-electron chi connectivity index (χ2n) is 6.55. The number of rotatable bonds is 7. The predicted molar refractivity (Wildman–Crippen MR) is 102 cm³/mol. The van der Waals surface area contributed by atoms with Gasteiger partial charge in [0.2, 0.25) is 5.76 Å². The van der Waals surface area contributed by atoms with E-state index in [2.05, 4.69) is 5.32 Å². The third kappa shape index (κ3) is 4.41. The number of likely N-dealkylation sites (N-methyl/N-ethyl adjacent to an activating group) is 1. The van der Waals surface area contributed by atoms with Crippen molar-refractivity contribution in [2.24, 2.45) is 5.73 Å². The van der Waals surface area contributed by atoms with Gasteiger partial charge in [-0.1, -0.05) is 12.1 Å². The van der Waals surface area contributed by atoms with Crippen molar-refractivity contribution in [1.82, 2.24) is 4.90 Å². The van der Waals surface area contributed by atoms with E-state index in [-0.39, 0.29) is 28.8 Å². The Hall–Kier alpha value is -3.30. The van der Waals surface area contributed by atoms with Crippen LogP contribution in [-0.2, 0) is 6.54 Å². The summed E-state index contributed by atoms with van der Waals surface area (Å²) < 4.78 is 32.8. The minimum Gasteiger partial charge on any atom is -0.446 e. The number of nitrogens with two attached hydrogens (primary N) is 1. The molecule has 1 heterocycles. The van der Waals surface area contributed by atoms with Crippen molar-refractivity contribution in [3.05, 3.63) is 64.9 Å². The van der Waals surface area contributed by atoms with Crippen LogP contribution in [0.3, 0.4) is 0 Å². The maximum atomic E-state index is 14.0. The van der Waals surface area contributed by atoms with E-state index in [4.69, 9.17) is 15.3 Å². The number of hydrogen-bond acceptors (Lipinski definition) is 5. The summed E-state index contributed by atoms with van der Waals surface area (Å²) in [4.78, 5) is 26.3. The van der Waals surface area contributed by atoms with Crippen LogP contribution in [0.4, 0.5) is 14.5 Å². The third-order valence-electron chi connectivity index (χ3n) is 4.29. The molecule has 0 bridgehead atoms. The van der Waals surface area contributed by atoms with E-state index in [1.54, 1.807) is 18.2 Å². The van der Waals surface area contributed by atoms with E-state index in [1.165, 1.54) is 0 Å². The fourth-order valence-electron chi connectivity index (χ4n) is 2.98. The van der Waals surface area contributed by atoms with Crippen molar-refractivity contribution in [2.45, 2.75) is 6.54 Å². The number of carbonyl (C=O) groups is 2. The monoisotopic (exact) mass is 403 g/mol. The van der Waals surface area contributed by atoms with Gasteiger partial charge >= 0.3 is 0 Å². The first-order chi connectivity index (χ1) is 13.8. The molecule has 152 valence electrons. The van der Waals surface area contributed by atoms with Gasteiger partial charge in [0.15, 0.2) is 11.4 Å². The molecule has 0 fully saturated rings. The van der Waals surface area contributed by atoms with Gasteiger partial charge in [-0.25, -0.2) is 8.78 Å². The summed E-state index contributed by atoms with van der Waals surface area (Å²) in [6, 6.07) is 8.24. The van der Waals surface area contributed by atoms with E-state index in [0.29, 0.717) is 19.2 Å². The normalized spacial score (nSPS) is 11.2. The van der Waals surface area contributed by atoms with Crippen molar-refractivity contribution < 1.29 is 27.9 Å². The lowest BCUT2D eigenvalue weighted by atomic mass is 10.1. The number of fused-ring (bicyclic) bond motifs is 1. The van der Waals surface area contributed by atoms with Crippen LogP contribution in [0.1, 0.15) is 26.5 Å². The first kappa shape index (κ1) is 20.4. The number of halogens is 2. The summed E-state index contributed by atoms with van der Waals surface area (Å²) in [7, 11) is 1.82. The molecule has 0 aliphatic rings. The molecule has 3 aromatic rings. The maximum absolute atomic E-state index is 14.0. The van der Waals surface area contributed by atoms with E-state index in [0.717, 1.165) is 11.6 Å². The van der Waals surface area contributed by atoms with Gasteiger partial charge in [0.25, 0.3) is 11.8 Å². The molecule has 0 atom stereocenters. The van der Waals surface area contributed by atoms with Gasteiger partial charge in [0.05, 0.1) is 12.0 Å². The number of carbonyl (C=O) groups excluding carboxylic acids is 2. The van der Waals surface area contributed by atoms with E-state index in [9.17, 15) is 18.4 Å². The molecule has 7 nitrogen and oxygen atoms in total. The predicted octanol–water partition coefficient (Wildman–Crippen LogP) is 2.49. The van der Waals surface area contributed by atoms with Gasteiger partial charge in [-0.3, -0.25) is 14.5 Å². The zero-order valence-corrected chi connectivity index (χ0v) is 15.5. The number of aliphatic hydroxyl groups excluding tert-OH is 1. The number of aliphatic hydroxyl groups is 1. The van der Waals surface area contributed by atoms with Crippen LogP contribution >= 0.6 is 0 Å². The quantitative estimate of drug-likeness (QED) is 0.562. The summed E-state index contributed by atoms with van der Waals surface area (Å²) in [5.74, 6) is -4.02. The Balaban J connectivity index is 1.94. The third-order valence-corrected chi connectivity index (χ3v) is 4.29. The molecule has 0 aliphatic heterocycles. The zero-order chi connectivity index (χ0) is 21.1. The average Bonchev–Trinajstić information content (AvgIpc) is 3.01. The molecule has 29 heavy (non-hydrogen) atoms. The zero-order valence-electron chi connectivity index (χ0n) is 15.5. The van der Waals surface area contributed by atoms with Crippen LogP contribution in [-0.4, -0.2) is 42.0 Å². The Morgan fingerprint density at radius 2 is 2.00 bits per heavy atom. The van der Waals surface area contributed by atoms with Crippen LogP contribution in [0.2, 0.25) is 0 Å². The number of benzene rings is 2. The molecule has 0 saturated carbocycles. The van der Waals surface area contributed by atoms with Gasteiger partial charge in [-0.05, 0) is 30.8 Å². The number of anilines is 1. The van der Waals surface area contributed by atoms with Crippen molar-refractivity contribution in [3.8, 4) is 0 Å². The van der Waals surface area contributed by atoms with Gasteiger partial charge in [-0.2, -0.15) is 0 Å². The van der Waals surface area contributed by atoms with Crippen LogP contribution in [0.25, 0.3) is 11.0 Å². The molecule has 0 spiro atoms. The first-order valence-electron chi connectivity index (χ1n) is 8.71. The number of furan rings is 1. The second-order valence-corrected chi connectivity index (χ2v) is 6.55. The highest BCUT2D eigenvalue weighted by atomic mass is 19.1. The van der Waals surface area contributed by atoms with Crippen LogP contribution in [0.15, 0.2) is 40.8 Å². The summed E-state index contributed by atoms with van der Waals surface area (Å²) in [6.07, 6.45) is 0. The summed E-state index contributed by atoms with van der Waals surface area (Å²) in [5.41, 5.74) is 5.77. The van der Waals surface area contributed by atoms with Crippen molar-refractivity contribution in [2.75, 3.05) is 25.5 Å². The Morgan fingerprint density at radius 1 is 1.24 bits per heavy atom. The molecule has 2 aromatic carbocycles. The average molecular weight is 403 g/mol. The standard InChI is InChI=1S/C20H19F2N3O4/c1-25(5-6-26)10-11-3-2-4-12(7-11)20(28)24-16-14-8-13(21)9-15(22)17(14)29-18(16)19(23)27/h2-4,7-9,26H,5-6,10H2,1H3,(H2,23,27)(H,24,28). The van der Waals surface area contributed by atoms with Gasteiger partial charge < -0.3 is 20.6 Å². The minimum atomic E-state index is -1.03. The molecule has 4 N–H and O–H groups in total.